The molecule has 116 valence electrons. The fourth-order valence-corrected chi connectivity index (χ4v) is 4.77. The molecule has 3 rings (SSSR count). The van der Waals surface area contributed by atoms with Crippen LogP contribution in [-0.2, 0) is 0 Å². The SMILES string of the molecule is CC[C@@]12CCCN([C@@H](C)c3ccccc3)[C@@H]1C[C@H](O)CC2. The second kappa shape index (κ2) is 6.10. The lowest BCUT2D eigenvalue weighted by molar-refractivity contribution is -0.0759. The Balaban J connectivity index is 1.87. The number of likely N-dealkylation sites (tertiary alicyclic amines) is 1. The molecule has 2 fully saturated rings. The Bertz CT molecular complexity index is 460. The van der Waals surface area contributed by atoms with Crippen molar-refractivity contribution in [3.63, 3.8) is 0 Å². The Hall–Kier alpha value is -0.860. The van der Waals surface area contributed by atoms with Gasteiger partial charge in [0.15, 0.2) is 0 Å². The summed E-state index contributed by atoms with van der Waals surface area (Å²) < 4.78 is 0. The first kappa shape index (κ1) is 15.1. The molecule has 1 aromatic rings. The number of aliphatic hydroxyl groups excluding tert-OH is 1. The summed E-state index contributed by atoms with van der Waals surface area (Å²) in [7, 11) is 0. The summed E-state index contributed by atoms with van der Waals surface area (Å²) in [6.45, 7) is 5.86. The normalized spacial score (nSPS) is 35.2. The topological polar surface area (TPSA) is 23.5 Å². The van der Waals surface area contributed by atoms with Crippen molar-refractivity contribution in [2.45, 2.75) is 70.6 Å². The molecule has 1 saturated carbocycles. The summed E-state index contributed by atoms with van der Waals surface area (Å²) >= 11 is 0. The van der Waals surface area contributed by atoms with Gasteiger partial charge < -0.3 is 5.11 Å². The van der Waals surface area contributed by atoms with Gasteiger partial charge in [-0.2, -0.15) is 0 Å². The lowest BCUT2D eigenvalue weighted by Gasteiger charge is -2.55. The van der Waals surface area contributed by atoms with Crippen LogP contribution in [0.4, 0.5) is 0 Å². The van der Waals surface area contributed by atoms with Crippen molar-refractivity contribution in [2.24, 2.45) is 5.41 Å². The minimum Gasteiger partial charge on any atom is -0.393 e. The number of aliphatic hydroxyl groups is 1. The maximum atomic E-state index is 10.2. The van der Waals surface area contributed by atoms with Crippen molar-refractivity contribution in [2.75, 3.05) is 6.54 Å². The summed E-state index contributed by atoms with van der Waals surface area (Å²) in [6, 6.07) is 11.9. The molecule has 1 N–H and O–H groups in total. The Morgan fingerprint density at radius 2 is 2.05 bits per heavy atom. The van der Waals surface area contributed by atoms with Gasteiger partial charge in [0.05, 0.1) is 6.10 Å². The molecule has 1 saturated heterocycles. The van der Waals surface area contributed by atoms with Crippen molar-refractivity contribution in [3.05, 3.63) is 35.9 Å². The molecule has 2 aliphatic rings. The van der Waals surface area contributed by atoms with E-state index in [-0.39, 0.29) is 6.10 Å². The lowest BCUT2D eigenvalue weighted by Crippen LogP contribution is -2.56. The van der Waals surface area contributed by atoms with E-state index in [9.17, 15) is 5.11 Å². The van der Waals surface area contributed by atoms with Crippen molar-refractivity contribution in [3.8, 4) is 0 Å². The van der Waals surface area contributed by atoms with Crippen LogP contribution >= 0.6 is 0 Å². The third-order valence-electron chi connectivity index (χ3n) is 6.15. The van der Waals surface area contributed by atoms with Crippen LogP contribution in [0.3, 0.4) is 0 Å². The second-order valence-electron chi connectivity index (χ2n) is 7.09. The van der Waals surface area contributed by atoms with Gasteiger partial charge in [-0.3, -0.25) is 4.90 Å². The van der Waals surface area contributed by atoms with Gasteiger partial charge in [-0.15, -0.1) is 0 Å². The number of hydrogen-bond donors (Lipinski definition) is 1. The molecule has 1 aliphatic heterocycles. The minimum absolute atomic E-state index is 0.0988. The Kier molecular flexibility index (Phi) is 4.37. The number of benzene rings is 1. The quantitative estimate of drug-likeness (QED) is 0.902. The molecule has 1 heterocycles. The van der Waals surface area contributed by atoms with E-state index in [1.807, 2.05) is 0 Å². The smallest absolute Gasteiger partial charge is 0.0555 e. The first-order valence-electron chi connectivity index (χ1n) is 8.65. The number of nitrogens with zero attached hydrogens (tertiary/aromatic N) is 1. The van der Waals surface area contributed by atoms with E-state index in [0.717, 1.165) is 12.8 Å². The van der Waals surface area contributed by atoms with Crippen molar-refractivity contribution < 1.29 is 5.11 Å². The molecule has 21 heavy (non-hydrogen) atoms. The zero-order chi connectivity index (χ0) is 14.9. The van der Waals surface area contributed by atoms with Crippen LogP contribution in [0.2, 0.25) is 0 Å². The molecule has 1 aromatic carbocycles. The van der Waals surface area contributed by atoms with Crippen LogP contribution in [0.5, 0.6) is 0 Å². The number of piperidine rings is 1. The number of rotatable bonds is 3. The molecule has 0 spiro atoms. The van der Waals surface area contributed by atoms with E-state index in [1.165, 1.54) is 37.8 Å². The molecule has 0 amide bonds. The zero-order valence-corrected chi connectivity index (χ0v) is 13.5. The molecule has 2 nitrogen and oxygen atoms in total. The van der Waals surface area contributed by atoms with Gasteiger partial charge >= 0.3 is 0 Å². The standard InChI is InChI=1S/C19H29NO/c1-3-19-11-7-13-20(18(19)14-17(21)10-12-19)15(2)16-8-5-4-6-9-16/h4-6,8-9,15,17-18,21H,3,7,10-14H2,1-2H3/t15-,17+,18+,19-/m0/s1. The predicted molar refractivity (Wildman–Crippen MR) is 87.2 cm³/mol. The highest BCUT2D eigenvalue weighted by atomic mass is 16.3. The molecule has 0 bridgehead atoms. The average Bonchev–Trinajstić information content (AvgIpc) is 2.54. The summed E-state index contributed by atoms with van der Waals surface area (Å²) in [4.78, 5) is 2.69. The molecule has 1 aliphatic carbocycles. The zero-order valence-electron chi connectivity index (χ0n) is 13.5. The predicted octanol–water partition coefficient (Wildman–Crippen LogP) is 4.15. The largest absolute Gasteiger partial charge is 0.393 e. The highest BCUT2D eigenvalue weighted by Gasteiger charge is 2.47. The highest BCUT2D eigenvalue weighted by Crippen LogP contribution is 2.50. The van der Waals surface area contributed by atoms with E-state index in [2.05, 4.69) is 49.1 Å². The molecular weight excluding hydrogens is 258 g/mol. The number of hydrogen-bond acceptors (Lipinski definition) is 2. The van der Waals surface area contributed by atoms with E-state index in [4.69, 9.17) is 0 Å². The Morgan fingerprint density at radius 3 is 2.76 bits per heavy atom. The summed E-state index contributed by atoms with van der Waals surface area (Å²) in [5.74, 6) is 0. The fraction of sp³-hybridized carbons (Fsp3) is 0.684. The Labute approximate surface area is 129 Å². The summed E-state index contributed by atoms with van der Waals surface area (Å²) in [5, 5.41) is 10.2. The van der Waals surface area contributed by atoms with E-state index < -0.39 is 0 Å². The van der Waals surface area contributed by atoms with Gasteiger partial charge in [-0.25, -0.2) is 0 Å². The fourth-order valence-electron chi connectivity index (χ4n) is 4.77. The first-order chi connectivity index (χ1) is 10.2. The Morgan fingerprint density at radius 1 is 1.29 bits per heavy atom. The minimum atomic E-state index is -0.0988. The molecular formula is C19H29NO. The van der Waals surface area contributed by atoms with Crippen molar-refractivity contribution >= 4 is 0 Å². The molecule has 2 heteroatoms. The van der Waals surface area contributed by atoms with Crippen molar-refractivity contribution in [1.82, 2.24) is 4.90 Å². The first-order valence-corrected chi connectivity index (χ1v) is 8.65. The van der Waals surface area contributed by atoms with E-state index >= 15 is 0 Å². The van der Waals surface area contributed by atoms with Gasteiger partial charge in [0.1, 0.15) is 0 Å². The van der Waals surface area contributed by atoms with E-state index in [0.29, 0.717) is 17.5 Å². The molecule has 4 atom stereocenters. The second-order valence-corrected chi connectivity index (χ2v) is 7.09. The number of fused-ring (bicyclic) bond motifs is 1. The third kappa shape index (κ3) is 2.76. The van der Waals surface area contributed by atoms with Gasteiger partial charge in [0, 0.05) is 12.1 Å². The highest BCUT2D eigenvalue weighted by molar-refractivity contribution is 5.19. The van der Waals surface area contributed by atoms with Crippen LogP contribution < -0.4 is 0 Å². The van der Waals surface area contributed by atoms with E-state index in [1.54, 1.807) is 0 Å². The lowest BCUT2D eigenvalue weighted by atomic mass is 9.62. The van der Waals surface area contributed by atoms with Crippen LogP contribution in [0.25, 0.3) is 0 Å². The van der Waals surface area contributed by atoms with Gasteiger partial charge in [-0.05, 0) is 63.0 Å². The monoisotopic (exact) mass is 287 g/mol. The van der Waals surface area contributed by atoms with Gasteiger partial charge in [0.2, 0.25) is 0 Å². The summed E-state index contributed by atoms with van der Waals surface area (Å²) in [5.41, 5.74) is 1.85. The average molecular weight is 287 g/mol. The van der Waals surface area contributed by atoms with Gasteiger partial charge in [0.25, 0.3) is 0 Å². The molecule has 0 aromatic heterocycles. The van der Waals surface area contributed by atoms with Crippen LogP contribution in [-0.4, -0.2) is 28.7 Å². The van der Waals surface area contributed by atoms with Crippen LogP contribution in [0, 0.1) is 5.41 Å². The van der Waals surface area contributed by atoms with Crippen LogP contribution in [0.15, 0.2) is 30.3 Å². The van der Waals surface area contributed by atoms with Crippen LogP contribution in [0.1, 0.15) is 64.0 Å². The maximum absolute atomic E-state index is 10.2. The molecule has 0 radical (unpaired) electrons. The maximum Gasteiger partial charge on any atom is 0.0555 e. The third-order valence-corrected chi connectivity index (χ3v) is 6.15. The summed E-state index contributed by atoms with van der Waals surface area (Å²) in [6.07, 6.45) is 6.97. The van der Waals surface area contributed by atoms with Crippen molar-refractivity contribution in [1.29, 1.82) is 0 Å². The molecule has 0 unspecified atom stereocenters. The van der Waals surface area contributed by atoms with Gasteiger partial charge in [-0.1, -0.05) is 37.3 Å².